The van der Waals surface area contributed by atoms with Crippen molar-refractivity contribution < 1.29 is 0 Å². The lowest BCUT2D eigenvalue weighted by Gasteiger charge is -2.04. The molecule has 108 valence electrons. The fourth-order valence-corrected chi connectivity index (χ4v) is 3.63. The Bertz CT molecular complexity index is 953. The van der Waals surface area contributed by atoms with Crippen molar-refractivity contribution in [3.8, 4) is 22.4 Å². The molecule has 0 N–H and O–H groups in total. The molecule has 0 amide bonds. The second-order valence-electron chi connectivity index (χ2n) is 5.29. The van der Waals surface area contributed by atoms with Crippen LogP contribution in [0, 0.1) is 6.92 Å². The molecule has 4 nitrogen and oxygen atoms in total. The van der Waals surface area contributed by atoms with E-state index in [1.807, 2.05) is 44.0 Å². The van der Waals surface area contributed by atoms with E-state index < -0.39 is 0 Å². The molecule has 0 radical (unpaired) electrons. The topological polar surface area (TPSA) is 43.6 Å². The largest absolute Gasteiger partial charge is 0.275 e. The molecule has 0 aliphatic heterocycles. The predicted molar refractivity (Wildman–Crippen MR) is 89.8 cm³/mol. The third kappa shape index (κ3) is 2.10. The van der Waals surface area contributed by atoms with Crippen LogP contribution in [0.1, 0.15) is 5.56 Å². The highest BCUT2D eigenvalue weighted by Crippen LogP contribution is 2.35. The van der Waals surface area contributed by atoms with Crippen LogP contribution < -0.4 is 0 Å². The number of nitrogens with zero attached hydrogens (tertiary/aromatic N) is 4. The van der Waals surface area contributed by atoms with Crippen LogP contribution in [-0.4, -0.2) is 19.7 Å². The van der Waals surface area contributed by atoms with Crippen molar-refractivity contribution in [2.45, 2.75) is 6.92 Å². The lowest BCUT2D eigenvalue weighted by molar-refractivity contribution is 0.768. The molecule has 0 atom stereocenters. The number of hydrogen-bond donors (Lipinski definition) is 0. The lowest BCUT2D eigenvalue weighted by Crippen LogP contribution is -1.89. The number of hydrogen-bond acceptors (Lipinski definition) is 4. The molecule has 4 aromatic rings. The first-order valence-electron chi connectivity index (χ1n) is 7.00. The van der Waals surface area contributed by atoms with Crippen LogP contribution in [0.5, 0.6) is 0 Å². The number of aromatic nitrogens is 4. The lowest BCUT2D eigenvalue weighted by atomic mass is 10.1. The summed E-state index contributed by atoms with van der Waals surface area (Å²) in [5, 5.41) is 6.42. The summed E-state index contributed by atoms with van der Waals surface area (Å²) in [5.41, 5.74) is 6.56. The van der Waals surface area contributed by atoms with E-state index >= 15 is 0 Å². The number of pyridine rings is 2. The van der Waals surface area contributed by atoms with Gasteiger partial charge in [0.1, 0.15) is 0 Å². The van der Waals surface area contributed by atoms with Crippen molar-refractivity contribution in [1.82, 2.24) is 19.7 Å². The Balaban J connectivity index is 1.95. The first-order chi connectivity index (χ1) is 10.7. The van der Waals surface area contributed by atoms with Crippen LogP contribution in [-0.2, 0) is 7.05 Å². The Kier molecular flexibility index (Phi) is 3.01. The Morgan fingerprint density at radius 2 is 1.95 bits per heavy atom. The normalized spacial score (nSPS) is 11.2. The van der Waals surface area contributed by atoms with Crippen LogP contribution in [0.3, 0.4) is 0 Å². The van der Waals surface area contributed by atoms with Crippen LogP contribution in [0.25, 0.3) is 32.6 Å². The maximum absolute atomic E-state index is 4.93. The van der Waals surface area contributed by atoms with Crippen molar-refractivity contribution in [1.29, 1.82) is 0 Å². The second kappa shape index (κ2) is 5.03. The summed E-state index contributed by atoms with van der Waals surface area (Å²) < 4.78 is 3.01. The molecule has 0 spiro atoms. The van der Waals surface area contributed by atoms with Crippen molar-refractivity contribution in [3.05, 3.63) is 53.9 Å². The zero-order chi connectivity index (χ0) is 15.1. The molecule has 4 heterocycles. The zero-order valence-electron chi connectivity index (χ0n) is 12.3. The van der Waals surface area contributed by atoms with E-state index in [9.17, 15) is 0 Å². The molecule has 4 rings (SSSR count). The summed E-state index contributed by atoms with van der Waals surface area (Å²) in [6.45, 7) is 2.10. The van der Waals surface area contributed by atoms with E-state index in [-0.39, 0.29) is 0 Å². The average Bonchev–Trinajstić information content (AvgIpc) is 3.13. The van der Waals surface area contributed by atoms with Crippen LogP contribution >= 0.6 is 11.3 Å². The van der Waals surface area contributed by atoms with Crippen LogP contribution in [0.4, 0.5) is 0 Å². The van der Waals surface area contributed by atoms with Gasteiger partial charge in [0, 0.05) is 42.1 Å². The Morgan fingerprint density at radius 3 is 2.68 bits per heavy atom. The zero-order valence-corrected chi connectivity index (χ0v) is 13.1. The summed E-state index contributed by atoms with van der Waals surface area (Å²) in [7, 11) is 1.92. The van der Waals surface area contributed by atoms with E-state index in [4.69, 9.17) is 4.98 Å². The summed E-state index contributed by atoms with van der Waals surface area (Å²) in [6, 6.07) is 6.25. The first-order valence-corrected chi connectivity index (χ1v) is 7.88. The van der Waals surface area contributed by atoms with Crippen molar-refractivity contribution in [2.24, 2.45) is 7.05 Å². The number of fused-ring (bicyclic) bond motifs is 1. The fraction of sp³-hybridized carbons (Fsp3) is 0.118. The van der Waals surface area contributed by atoms with E-state index in [2.05, 4.69) is 28.5 Å². The Morgan fingerprint density at radius 1 is 1.14 bits per heavy atom. The molecule has 0 bridgehead atoms. The SMILES string of the molecule is Cc1cc2scc(-c3ccncc3)c2nc1-c1cnn(C)c1. The average molecular weight is 306 g/mol. The van der Waals surface area contributed by atoms with Gasteiger partial charge in [0.2, 0.25) is 0 Å². The van der Waals surface area contributed by atoms with E-state index in [1.165, 1.54) is 10.3 Å². The molecule has 0 saturated heterocycles. The van der Waals surface area contributed by atoms with Crippen molar-refractivity contribution >= 4 is 21.6 Å². The second-order valence-corrected chi connectivity index (χ2v) is 6.20. The molecule has 0 saturated carbocycles. The third-order valence-electron chi connectivity index (χ3n) is 3.71. The van der Waals surface area contributed by atoms with Crippen LogP contribution in [0.15, 0.2) is 48.4 Å². The van der Waals surface area contributed by atoms with Crippen molar-refractivity contribution in [3.63, 3.8) is 0 Å². The number of thiophene rings is 1. The standard InChI is InChI=1S/C17H14N4S/c1-11-7-15-17(20-16(11)13-8-19-21(2)9-13)14(10-22-15)12-3-5-18-6-4-12/h3-10H,1-2H3. The highest BCUT2D eigenvalue weighted by Gasteiger charge is 2.13. The van der Waals surface area contributed by atoms with Gasteiger partial charge < -0.3 is 0 Å². The van der Waals surface area contributed by atoms with Crippen LogP contribution in [0.2, 0.25) is 0 Å². The first kappa shape index (κ1) is 13.2. The molecule has 22 heavy (non-hydrogen) atoms. The molecule has 0 unspecified atom stereocenters. The summed E-state index contributed by atoms with van der Waals surface area (Å²) in [4.78, 5) is 9.02. The van der Waals surface area contributed by atoms with Gasteiger partial charge in [-0.2, -0.15) is 5.10 Å². The van der Waals surface area contributed by atoms with Gasteiger partial charge in [-0.1, -0.05) is 0 Å². The fourth-order valence-electron chi connectivity index (χ4n) is 2.62. The van der Waals surface area contributed by atoms with E-state index in [0.717, 1.165) is 27.9 Å². The van der Waals surface area contributed by atoms with Gasteiger partial charge >= 0.3 is 0 Å². The molecular formula is C17H14N4S. The molecule has 0 aliphatic carbocycles. The minimum atomic E-state index is 0.995. The highest BCUT2D eigenvalue weighted by atomic mass is 32.1. The number of rotatable bonds is 2. The Hall–Kier alpha value is -2.53. The van der Waals surface area contributed by atoms with E-state index in [0.29, 0.717) is 0 Å². The predicted octanol–water partition coefficient (Wildman–Crippen LogP) is 4.07. The summed E-state index contributed by atoms with van der Waals surface area (Å²) in [5.74, 6) is 0. The quantitative estimate of drug-likeness (QED) is 0.561. The van der Waals surface area contributed by atoms with Gasteiger partial charge in [0.15, 0.2) is 0 Å². The molecule has 0 aliphatic rings. The minimum Gasteiger partial charge on any atom is -0.275 e. The van der Waals surface area contributed by atoms with Gasteiger partial charge in [-0.15, -0.1) is 11.3 Å². The highest BCUT2D eigenvalue weighted by molar-refractivity contribution is 7.17. The number of aryl methyl sites for hydroxylation is 2. The summed E-state index contributed by atoms with van der Waals surface area (Å²) in [6.07, 6.45) is 7.49. The van der Waals surface area contributed by atoms with Gasteiger partial charge in [0.05, 0.1) is 22.1 Å². The van der Waals surface area contributed by atoms with Gasteiger partial charge in [-0.05, 0) is 36.2 Å². The molecule has 5 heteroatoms. The minimum absolute atomic E-state index is 0.995. The monoisotopic (exact) mass is 306 g/mol. The molecule has 0 fully saturated rings. The van der Waals surface area contributed by atoms with Crippen molar-refractivity contribution in [2.75, 3.05) is 0 Å². The molecule has 0 aromatic carbocycles. The van der Waals surface area contributed by atoms with Gasteiger partial charge in [-0.3, -0.25) is 9.67 Å². The molecular weight excluding hydrogens is 292 g/mol. The maximum atomic E-state index is 4.93. The Labute approximate surface area is 132 Å². The maximum Gasteiger partial charge on any atom is 0.0895 e. The van der Waals surface area contributed by atoms with Gasteiger partial charge in [0.25, 0.3) is 0 Å². The smallest absolute Gasteiger partial charge is 0.0895 e. The van der Waals surface area contributed by atoms with Gasteiger partial charge in [-0.25, -0.2) is 4.98 Å². The van der Waals surface area contributed by atoms with E-state index in [1.54, 1.807) is 16.0 Å². The molecule has 4 aromatic heterocycles. The summed E-state index contributed by atoms with van der Waals surface area (Å²) >= 11 is 1.73. The third-order valence-corrected chi connectivity index (χ3v) is 4.63.